The van der Waals surface area contributed by atoms with Gasteiger partial charge in [0.05, 0.1) is 65.6 Å². The molecular weight excluding hydrogens is 1240 g/mol. The first-order valence-corrected chi connectivity index (χ1v) is 33.6. The van der Waals surface area contributed by atoms with Crippen LogP contribution in [0, 0.1) is 10.8 Å². The molecule has 6 saturated heterocycles. The lowest BCUT2D eigenvalue weighted by Crippen LogP contribution is -3.00. The molecule has 90 heavy (non-hydrogen) atoms. The number of aliphatic hydroxyl groups is 2. The highest BCUT2D eigenvalue weighted by Gasteiger charge is 2.62. The van der Waals surface area contributed by atoms with Gasteiger partial charge in [0.1, 0.15) is 22.7 Å². The van der Waals surface area contributed by atoms with E-state index in [-0.39, 0.29) is 44.8 Å². The topological polar surface area (TPSA) is 58.9 Å². The van der Waals surface area contributed by atoms with Crippen molar-refractivity contribution < 1.29 is 62.6 Å². The minimum Gasteiger partial charge on any atom is -1.00 e. The lowest BCUT2D eigenvalue weighted by atomic mass is 9.56. The van der Waals surface area contributed by atoms with E-state index in [0.717, 1.165) is 160 Å². The number of para-hydroxylation sites is 2. The zero-order chi connectivity index (χ0) is 60.3. The van der Waals surface area contributed by atoms with Crippen LogP contribution in [0.1, 0.15) is 126 Å². The summed E-state index contributed by atoms with van der Waals surface area (Å²) in [5, 5.41) is 35.9. The number of benzene rings is 10. The molecule has 0 aromatic heterocycles. The van der Waals surface area contributed by atoms with Gasteiger partial charge in [-0.1, -0.05) is 234 Å². The molecule has 6 nitrogen and oxygen atoms in total. The molecule has 0 saturated carbocycles. The Morgan fingerprint density at radius 2 is 0.578 bits per heavy atom. The van der Waals surface area contributed by atoms with E-state index in [1.807, 2.05) is 60.7 Å². The Balaban J connectivity index is 0.000000173. The maximum Gasteiger partial charge on any atom is 0.121 e. The standard InChI is InChI=1S/2C37H38NO2.C8H18.2BrH/c2*39-37(33-17-15-29-9-4-6-11-31(29)27-33,34-18-16-30-10-5-7-12-32(30)28-34)36-19-23-38(24-20-36,25-21-36)22-8-26-40-35-13-2-1-3-14-35;1-3-5-7-8-6-4-2;;/h2*1-7,9-18,27-28,39H,8,19-26H2;3-8H2,1-2H3;2*1H/q2*+1;;;/p-2. The van der Waals surface area contributed by atoms with E-state index in [4.69, 9.17) is 9.47 Å². The van der Waals surface area contributed by atoms with Crippen molar-refractivity contribution in [1.29, 1.82) is 0 Å². The molecule has 10 aromatic carbocycles. The average Bonchev–Trinajstić information content (AvgIpc) is 0.722. The number of fused-ring (bicyclic) bond motifs is 10. The summed E-state index contributed by atoms with van der Waals surface area (Å²) in [5.74, 6) is 1.91. The summed E-state index contributed by atoms with van der Waals surface area (Å²) < 4.78 is 14.3. The van der Waals surface area contributed by atoms with Crippen molar-refractivity contribution in [2.75, 3.05) is 65.6 Å². The maximum atomic E-state index is 13.2. The van der Waals surface area contributed by atoms with Gasteiger partial charge in [-0.2, -0.15) is 0 Å². The smallest absolute Gasteiger partial charge is 0.121 e. The highest BCUT2D eigenvalue weighted by Crippen LogP contribution is 2.60. The lowest BCUT2D eigenvalue weighted by molar-refractivity contribution is -0.946. The normalized spacial score (nSPS) is 20.9. The van der Waals surface area contributed by atoms with E-state index in [2.05, 4.69) is 184 Å². The molecule has 6 aliphatic rings. The first-order chi connectivity index (χ1) is 43.1. The van der Waals surface area contributed by atoms with Crippen LogP contribution in [0.25, 0.3) is 43.1 Å². The van der Waals surface area contributed by atoms with Gasteiger partial charge in [-0.25, -0.2) is 0 Å². The third kappa shape index (κ3) is 14.0. The summed E-state index contributed by atoms with van der Waals surface area (Å²) >= 11 is 0. The van der Waals surface area contributed by atoms with Crippen molar-refractivity contribution >= 4 is 43.1 Å². The van der Waals surface area contributed by atoms with Gasteiger partial charge in [0.2, 0.25) is 0 Å². The van der Waals surface area contributed by atoms with Crippen molar-refractivity contribution in [2.45, 2.75) is 115 Å². The first kappa shape index (κ1) is 66.6. The Kier molecular flexibility index (Phi) is 22.1. The van der Waals surface area contributed by atoms with Crippen molar-refractivity contribution in [3.63, 3.8) is 0 Å². The van der Waals surface area contributed by atoms with Gasteiger partial charge in [-0.05, 0) is 114 Å². The summed E-state index contributed by atoms with van der Waals surface area (Å²) in [6, 6.07) is 80.7. The van der Waals surface area contributed by atoms with Crippen molar-refractivity contribution in [1.82, 2.24) is 0 Å². The molecular formula is C82H94Br2N2O4. The van der Waals surface area contributed by atoms with E-state index in [9.17, 15) is 10.2 Å². The van der Waals surface area contributed by atoms with Gasteiger partial charge in [0.25, 0.3) is 0 Å². The molecule has 0 spiro atoms. The Morgan fingerprint density at radius 1 is 0.322 bits per heavy atom. The second kappa shape index (κ2) is 29.9. The molecule has 0 aliphatic carbocycles. The Labute approximate surface area is 557 Å². The highest BCUT2D eigenvalue weighted by atomic mass is 79.9. The Hall–Kier alpha value is -6.36. The van der Waals surface area contributed by atoms with Gasteiger partial charge in [-0.15, -0.1) is 0 Å². The number of hydrogen-bond donors (Lipinski definition) is 2. The van der Waals surface area contributed by atoms with Crippen molar-refractivity contribution in [3.05, 3.63) is 253 Å². The van der Waals surface area contributed by atoms with Crippen LogP contribution in [0.5, 0.6) is 11.5 Å². The zero-order valence-corrected chi connectivity index (χ0v) is 56.4. The molecule has 0 radical (unpaired) electrons. The fraction of sp³-hybridized carbons (Fsp3) is 0.366. The second-order valence-electron chi connectivity index (χ2n) is 26.6. The highest BCUT2D eigenvalue weighted by molar-refractivity contribution is 5.87. The predicted octanol–water partition coefficient (Wildman–Crippen LogP) is 12.8. The summed E-state index contributed by atoms with van der Waals surface area (Å²) in [5.41, 5.74) is 1.65. The monoisotopic (exact) mass is 1330 g/mol. The number of ether oxygens (including phenoxy) is 2. The van der Waals surface area contributed by atoms with Crippen LogP contribution < -0.4 is 43.4 Å². The Bertz CT molecular complexity index is 3450. The van der Waals surface area contributed by atoms with Crippen molar-refractivity contribution in [2.24, 2.45) is 10.8 Å². The fourth-order valence-corrected chi connectivity index (χ4v) is 16.2. The summed E-state index contributed by atoms with van der Waals surface area (Å²) in [4.78, 5) is 0. The molecule has 6 heterocycles. The molecule has 6 aliphatic heterocycles. The van der Waals surface area contributed by atoms with E-state index < -0.39 is 11.2 Å². The van der Waals surface area contributed by atoms with Crippen molar-refractivity contribution in [3.8, 4) is 11.5 Å². The molecule has 2 N–H and O–H groups in total. The number of rotatable bonds is 21. The van der Waals surface area contributed by atoms with Gasteiger partial charge >= 0.3 is 0 Å². The minimum absolute atomic E-state index is 0. The van der Waals surface area contributed by atoms with Crippen LogP contribution in [0.2, 0.25) is 0 Å². The van der Waals surface area contributed by atoms with Gasteiger partial charge in [-0.3, -0.25) is 0 Å². The first-order valence-electron chi connectivity index (χ1n) is 33.6. The largest absolute Gasteiger partial charge is 1.00 e. The van der Waals surface area contributed by atoms with Crippen LogP contribution >= 0.6 is 0 Å². The van der Waals surface area contributed by atoms with Gasteiger partial charge in [0.15, 0.2) is 0 Å². The summed E-state index contributed by atoms with van der Waals surface area (Å²) in [6.45, 7) is 15.0. The average molecular weight is 1330 g/mol. The quantitative estimate of drug-likeness (QED) is 0.0556. The molecule has 0 unspecified atom stereocenters. The summed E-state index contributed by atoms with van der Waals surface area (Å²) in [6.07, 6.45) is 16.8. The van der Waals surface area contributed by atoms with E-state index in [0.29, 0.717) is 0 Å². The van der Waals surface area contributed by atoms with Crippen LogP contribution in [0.3, 0.4) is 0 Å². The lowest BCUT2D eigenvalue weighted by Gasteiger charge is -2.60. The number of hydrogen-bond acceptors (Lipinski definition) is 4. The third-order valence-electron chi connectivity index (χ3n) is 21.6. The molecule has 4 bridgehead atoms. The third-order valence-corrected chi connectivity index (χ3v) is 21.6. The molecule has 10 aromatic rings. The molecule has 0 atom stereocenters. The molecule has 470 valence electrons. The number of quaternary nitrogens is 2. The fourth-order valence-electron chi connectivity index (χ4n) is 16.2. The zero-order valence-electron chi connectivity index (χ0n) is 53.3. The molecule has 0 amide bonds. The van der Waals surface area contributed by atoms with Gasteiger partial charge in [0, 0.05) is 62.2 Å². The number of piperidine rings is 6. The Morgan fingerprint density at radius 3 is 0.844 bits per heavy atom. The van der Waals surface area contributed by atoms with E-state index >= 15 is 0 Å². The SMILES string of the molecule is CCCCCCCC.OC(c1ccc2ccccc2c1)(c1ccc2ccccc2c1)C12CC[N+](CCCOc3ccccc3)(CC1)CC2.OC(c1ccc2ccccc2c1)(c1ccc2ccccc2c1)C12CC[N+](CCCOc3ccccc3)(CC1)CC2.[Br-].[Br-]. The molecule has 8 heteroatoms. The number of nitrogens with zero attached hydrogens (tertiary/aromatic N) is 2. The number of halogens is 2. The predicted molar refractivity (Wildman–Crippen MR) is 366 cm³/mol. The maximum absolute atomic E-state index is 13.2. The van der Waals surface area contributed by atoms with Crippen LogP contribution in [-0.2, 0) is 11.2 Å². The second-order valence-corrected chi connectivity index (χ2v) is 26.6. The summed E-state index contributed by atoms with van der Waals surface area (Å²) in [7, 11) is 0. The minimum atomic E-state index is -1.05. The molecule has 6 fully saturated rings. The van der Waals surface area contributed by atoms with Crippen LogP contribution in [0.4, 0.5) is 0 Å². The van der Waals surface area contributed by atoms with E-state index in [1.54, 1.807) is 0 Å². The van der Waals surface area contributed by atoms with Crippen LogP contribution in [0.15, 0.2) is 231 Å². The number of unbranched alkanes of at least 4 members (excludes halogenated alkanes) is 5. The molecule has 16 rings (SSSR count). The van der Waals surface area contributed by atoms with Gasteiger partial charge < -0.3 is 62.6 Å². The van der Waals surface area contributed by atoms with E-state index in [1.165, 1.54) is 81.6 Å². The van der Waals surface area contributed by atoms with Crippen LogP contribution in [-0.4, -0.2) is 84.8 Å².